The first-order valence-corrected chi connectivity index (χ1v) is 16.1. The van der Waals surface area contributed by atoms with Crippen LogP contribution in [0.3, 0.4) is 0 Å². The van der Waals surface area contributed by atoms with Gasteiger partial charge in [0, 0.05) is 42.5 Å². The lowest BCUT2D eigenvalue weighted by atomic mass is 9.95. The van der Waals surface area contributed by atoms with Gasteiger partial charge in [0.2, 0.25) is 5.88 Å². The van der Waals surface area contributed by atoms with Crippen LogP contribution >= 0.6 is 0 Å². The van der Waals surface area contributed by atoms with E-state index in [0.29, 0.717) is 47.1 Å². The third-order valence-corrected chi connectivity index (χ3v) is 10.9. The number of anilines is 1. The molecule has 4 fully saturated rings. The van der Waals surface area contributed by atoms with Crippen LogP contribution in [-0.4, -0.2) is 82.0 Å². The van der Waals surface area contributed by atoms with Crippen LogP contribution in [0, 0.1) is 24.0 Å². The van der Waals surface area contributed by atoms with Gasteiger partial charge in [0.1, 0.15) is 47.1 Å². The Labute approximate surface area is 264 Å². The number of terminal acetylenes is 1. The largest absolute Gasteiger partial charge is 0.472 e. The molecule has 5 aliphatic rings. The van der Waals surface area contributed by atoms with E-state index >= 15 is 4.39 Å². The summed E-state index contributed by atoms with van der Waals surface area (Å²) in [6.07, 6.45) is 8.73. The highest BCUT2D eigenvalue weighted by Crippen LogP contribution is 2.46. The Morgan fingerprint density at radius 3 is 2.89 bits per heavy atom. The van der Waals surface area contributed by atoms with Gasteiger partial charge in [0.05, 0.1) is 17.1 Å². The average molecular weight is 627 g/mol. The lowest BCUT2D eigenvalue weighted by Gasteiger charge is -2.42. The van der Waals surface area contributed by atoms with Crippen LogP contribution in [0.2, 0.25) is 0 Å². The number of piperazine rings is 1. The molecule has 4 unspecified atom stereocenters. The molecule has 2 bridgehead atoms. The molecule has 7 heterocycles. The zero-order chi connectivity index (χ0) is 31.3. The number of ether oxygens (including phenoxy) is 2. The minimum Gasteiger partial charge on any atom is -0.472 e. The van der Waals surface area contributed by atoms with Crippen molar-refractivity contribution in [2.24, 2.45) is 0 Å². The fraction of sp³-hybridized carbons (Fsp3) is 0.457. The van der Waals surface area contributed by atoms with Crippen LogP contribution in [0.5, 0.6) is 11.9 Å². The lowest BCUT2D eigenvalue weighted by molar-refractivity contribution is 0.107. The summed E-state index contributed by atoms with van der Waals surface area (Å²) < 4.78 is 59.4. The second-order valence-corrected chi connectivity index (χ2v) is 13.5. The van der Waals surface area contributed by atoms with Crippen molar-refractivity contribution in [3.63, 3.8) is 0 Å². The molecule has 11 heteroatoms. The van der Waals surface area contributed by atoms with Crippen molar-refractivity contribution in [3.8, 4) is 35.5 Å². The first kappa shape index (κ1) is 28.1. The smallest absolute Gasteiger partial charge is 0.319 e. The number of aromatic nitrogens is 3. The standard InChI is InChI=1S/C35H33F3N6O2/c1-3-22-24(37)10-8-19-6-4-7-23(26(19)22)29-28(38)30-27-32(42-34(41-30)45-17-35-12-5-13-43(35)15-20(36)14-35)44-16-21-9-11-25(39-21)31(44)18(2)46-33(27)40-29/h1,4,6-8,10,18,20-21,25,31,39H,5,9,11-17H2,2H3/t18?,20-,21?,25?,31?,35+/m1/s1. The molecule has 0 radical (unpaired) electrons. The molecule has 6 atom stereocenters. The zero-order valence-electron chi connectivity index (χ0n) is 25.4. The van der Waals surface area contributed by atoms with Gasteiger partial charge in [0.15, 0.2) is 5.82 Å². The number of pyridine rings is 1. The van der Waals surface area contributed by atoms with Crippen LogP contribution < -0.4 is 19.7 Å². The van der Waals surface area contributed by atoms with Crippen LogP contribution in [0.4, 0.5) is 19.0 Å². The molecule has 8 nitrogen and oxygen atoms in total. The van der Waals surface area contributed by atoms with Gasteiger partial charge < -0.3 is 19.7 Å². The third kappa shape index (κ3) is 4.05. The summed E-state index contributed by atoms with van der Waals surface area (Å²) in [5.41, 5.74) is -0.0997. The first-order chi connectivity index (χ1) is 22.3. The Morgan fingerprint density at radius 2 is 2.02 bits per heavy atom. The summed E-state index contributed by atoms with van der Waals surface area (Å²) in [6, 6.07) is 8.53. The zero-order valence-corrected chi connectivity index (χ0v) is 25.4. The molecule has 1 N–H and O–H groups in total. The fourth-order valence-electron chi connectivity index (χ4n) is 8.87. The predicted molar refractivity (Wildman–Crippen MR) is 168 cm³/mol. The molecular formula is C35H33F3N6O2. The number of halogens is 3. The summed E-state index contributed by atoms with van der Waals surface area (Å²) in [4.78, 5) is 18.7. The van der Waals surface area contributed by atoms with Crippen molar-refractivity contribution in [3.05, 3.63) is 47.5 Å². The molecule has 0 saturated carbocycles. The molecule has 0 spiro atoms. The van der Waals surface area contributed by atoms with Crippen molar-refractivity contribution in [1.29, 1.82) is 0 Å². The van der Waals surface area contributed by atoms with E-state index in [1.165, 1.54) is 6.07 Å². The second-order valence-electron chi connectivity index (χ2n) is 13.5. The van der Waals surface area contributed by atoms with Gasteiger partial charge in [-0.3, -0.25) is 4.90 Å². The molecule has 0 amide bonds. The molecular weight excluding hydrogens is 593 g/mol. The molecule has 0 aliphatic carbocycles. The molecule has 2 aromatic heterocycles. The van der Waals surface area contributed by atoms with Crippen molar-refractivity contribution in [1.82, 2.24) is 25.2 Å². The van der Waals surface area contributed by atoms with Crippen LogP contribution in [0.1, 0.15) is 44.6 Å². The Morgan fingerprint density at radius 1 is 1.13 bits per heavy atom. The quantitative estimate of drug-likeness (QED) is 0.312. The topological polar surface area (TPSA) is 75.6 Å². The van der Waals surface area contributed by atoms with E-state index < -0.39 is 23.3 Å². The maximum atomic E-state index is 17.0. The van der Waals surface area contributed by atoms with E-state index in [2.05, 4.69) is 26.0 Å². The van der Waals surface area contributed by atoms with E-state index in [1.54, 1.807) is 24.3 Å². The van der Waals surface area contributed by atoms with Crippen molar-refractivity contribution < 1.29 is 22.6 Å². The molecule has 236 valence electrons. The van der Waals surface area contributed by atoms with Crippen LogP contribution in [0.15, 0.2) is 30.3 Å². The van der Waals surface area contributed by atoms with Gasteiger partial charge in [-0.1, -0.05) is 30.2 Å². The highest BCUT2D eigenvalue weighted by atomic mass is 19.1. The van der Waals surface area contributed by atoms with Crippen LogP contribution in [-0.2, 0) is 0 Å². The molecule has 2 aromatic carbocycles. The number of nitrogens with one attached hydrogen (secondary N) is 1. The Hall–Kier alpha value is -4.14. The van der Waals surface area contributed by atoms with E-state index in [4.69, 9.17) is 25.9 Å². The summed E-state index contributed by atoms with van der Waals surface area (Å²) in [5, 5.41) is 5.13. The maximum absolute atomic E-state index is 17.0. The summed E-state index contributed by atoms with van der Waals surface area (Å²) >= 11 is 0. The number of hydrogen-bond donors (Lipinski definition) is 1. The monoisotopic (exact) mass is 626 g/mol. The van der Waals surface area contributed by atoms with Crippen LogP contribution in [0.25, 0.3) is 32.9 Å². The van der Waals surface area contributed by atoms with Gasteiger partial charge in [-0.05, 0) is 50.6 Å². The predicted octanol–water partition coefficient (Wildman–Crippen LogP) is 5.15. The number of rotatable bonds is 4. The molecule has 9 rings (SSSR count). The van der Waals surface area contributed by atoms with Gasteiger partial charge in [0.25, 0.3) is 0 Å². The number of alkyl halides is 1. The summed E-state index contributed by atoms with van der Waals surface area (Å²) in [5.74, 6) is 1.89. The highest BCUT2D eigenvalue weighted by Gasteiger charge is 2.50. The van der Waals surface area contributed by atoms with Gasteiger partial charge in [-0.2, -0.15) is 9.97 Å². The molecule has 5 aliphatic heterocycles. The van der Waals surface area contributed by atoms with Gasteiger partial charge in [-0.15, -0.1) is 6.42 Å². The Bertz CT molecular complexity index is 1970. The van der Waals surface area contributed by atoms with E-state index in [0.717, 1.165) is 32.2 Å². The normalized spacial score (nSPS) is 29.8. The first-order valence-electron chi connectivity index (χ1n) is 16.1. The van der Waals surface area contributed by atoms with Gasteiger partial charge >= 0.3 is 6.01 Å². The van der Waals surface area contributed by atoms with Crippen molar-refractivity contribution in [2.45, 2.75) is 75.0 Å². The summed E-state index contributed by atoms with van der Waals surface area (Å²) in [6.45, 7) is 4.09. The summed E-state index contributed by atoms with van der Waals surface area (Å²) in [7, 11) is 0. The van der Waals surface area contributed by atoms with Gasteiger partial charge in [-0.25, -0.2) is 18.2 Å². The van der Waals surface area contributed by atoms with E-state index in [1.807, 2.05) is 6.92 Å². The van der Waals surface area contributed by atoms with E-state index in [-0.39, 0.29) is 59.5 Å². The van der Waals surface area contributed by atoms with E-state index in [9.17, 15) is 8.78 Å². The molecule has 4 aromatic rings. The minimum atomic E-state index is -0.908. The average Bonchev–Trinajstić information content (AvgIpc) is 3.69. The van der Waals surface area contributed by atoms with Crippen molar-refractivity contribution in [2.75, 3.05) is 31.1 Å². The SMILES string of the molecule is C#Cc1c(F)ccc2cccc(-c3nc4c5c(nc(OC[C@@]67CCCN6C[C@H](F)C7)nc5c3F)N3CC5CCC(N5)C3C(C)O4)c12. The fourth-order valence-corrected chi connectivity index (χ4v) is 8.87. The molecule has 46 heavy (non-hydrogen) atoms. The Kier molecular flexibility index (Phi) is 6.22. The molecule has 4 saturated heterocycles. The number of benzene rings is 2. The number of hydrogen-bond acceptors (Lipinski definition) is 8. The third-order valence-electron chi connectivity index (χ3n) is 10.9. The maximum Gasteiger partial charge on any atom is 0.319 e. The van der Waals surface area contributed by atoms with Crippen molar-refractivity contribution >= 4 is 27.5 Å². The second kappa shape index (κ2) is 10.2. The number of nitrogens with zero attached hydrogens (tertiary/aromatic N) is 5. The minimum absolute atomic E-state index is 0.00459. The number of fused-ring (bicyclic) bond motifs is 7. The lowest BCUT2D eigenvalue weighted by Crippen LogP contribution is -2.62. The highest BCUT2D eigenvalue weighted by molar-refractivity contribution is 6.03. The Balaban J connectivity index is 1.25.